The summed E-state index contributed by atoms with van der Waals surface area (Å²) in [6.45, 7) is 2.69. The number of nitrogens with zero attached hydrogens (tertiary/aromatic N) is 2. The van der Waals surface area contributed by atoms with E-state index in [0.29, 0.717) is 12.5 Å². The molecule has 0 aliphatic carbocycles. The zero-order valence-electron chi connectivity index (χ0n) is 9.11. The molecule has 0 saturated carbocycles. The number of ether oxygens (including phenoxy) is 1. The zero-order chi connectivity index (χ0) is 11.4. The molecule has 3 nitrogen and oxygen atoms in total. The number of hydrogen-bond acceptors (Lipinski definition) is 3. The van der Waals surface area contributed by atoms with E-state index < -0.39 is 0 Å². The van der Waals surface area contributed by atoms with E-state index in [-0.39, 0.29) is 0 Å². The minimum atomic E-state index is 0.596. The van der Waals surface area contributed by atoms with Crippen molar-refractivity contribution in [2.75, 3.05) is 11.9 Å². The first-order valence-electron chi connectivity index (χ1n) is 5.22. The summed E-state index contributed by atoms with van der Waals surface area (Å²) in [5, 5.41) is 0.938. The van der Waals surface area contributed by atoms with Crippen molar-refractivity contribution < 1.29 is 4.74 Å². The molecule has 0 spiro atoms. The highest BCUT2D eigenvalue weighted by Gasteiger charge is 2.02. The molecule has 0 saturated heterocycles. The Bertz CT molecular complexity index is 487. The number of aryl methyl sites for hydroxylation is 1. The largest absolute Gasteiger partial charge is 0.477 e. The van der Waals surface area contributed by atoms with Crippen LogP contribution in [0.3, 0.4) is 0 Å². The molecule has 0 N–H and O–H groups in total. The fourth-order valence-electron chi connectivity index (χ4n) is 1.47. The van der Waals surface area contributed by atoms with Gasteiger partial charge in [0.05, 0.1) is 23.8 Å². The van der Waals surface area contributed by atoms with Crippen LogP contribution >= 0.6 is 15.9 Å². The topological polar surface area (TPSA) is 35.0 Å². The van der Waals surface area contributed by atoms with Gasteiger partial charge in [-0.05, 0) is 25.0 Å². The number of para-hydroxylation sites is 1. The molecule has 1 heterocycles. The Kier molecular flexibility index (Phi) is 3.72. The molecule has 2 aromatic rings. The van der Waals surface area contributed by atoms with Gasteiger partial charge in [0.2, 0.25) is 5.88 Å². The van der Waals surface area contributed by atoms with Crippen LogP contribution in [-0.4, -0.2) is 21.9 Å². The number of aromatic nitrogens is 2. The van der Waals surface area contributed by atoms with Gasteiger partial charge in [0.15, 0.2) is 0 Å². The number of hydrogen-bond donors (Lipinski definition) is 0. The Morgan fingerprint density at radius 3 is 3.06 bits per heavy atom. The first kappa shape index (κ1) is 11.3. The lowest BCUT2D eigenvalue weighted by molar-refractivity contribution is 0.307. The van der Waals surface area contributed by atoms with Gasteiger partial charge in [0.25, 0.3) is 0 Å². The molecule has 0 aliphatic rings. The quantitative estimate of drug-likeness (QED) is 0.638. The van der Waals surface area contributed by atoms with Crippen LogP contribution in [-0.2, 0) is 0 Å². The summed E-state index contributed by atoms with van der Waals surface area (Å²) in [5.41, 5.74) is 2.96. The third kappa shape index (κ3) is 2.50. The molecular weight excluding hydrogens is 268 g/mol. The lowest BCUT2D eigenvalue weighted by atomic mass is 10.2. The molecule has 0 radical (unpaired) electrons. The smallest absolute Gasteiger partial charge is 0.232 e. The zero-order valence-corrected chi connectivity index (χ0v) is 10.7. The number of alkyl halides is 1. The van der Waals surface area contributed by atoms with E-state index >= 15 is 0 Å². The minimum absolute atomic E-state index is 0.596. The second-order valence-electron chi connectivity index (χ2n) is 3.54. The van der Waals surface area contributed by atoms with E-state index in [0.717, 1.165) is 28.3 Å². The van der Waals surface area contributed by atoms with Gasteiger partial charge in [0, 0.05) is 5.33 Å². The summed E-state index contributed by atoms with van der Waals surface area (Å²) in [5.74, 6) is 0.596. The third-order valence-corrected chi connectivity index (χ3v) is 2.84. The highest BCUT2D eigenvalue weighted by Crippen LogP contribution is 2.16. The molecule has 1 aromatic heterocycles. The Balaban J connectivity index is 2.23. The first-order chi connectivity index (χ1) is 7.81. The van der Waals surface area contributed by atoms with Crippen molar-refractivity contribution in [3.05, 3.63) is 30.0 Å². The van der Waals surface area contributed by atoms with Gasteiger partial charge >= 0.3 is 0 Å². The van der Waals surface area contributed by atoms with Crippen LogP contribution in [0.15, 0.2) is 24.4 Å². The summed E-state index contributed by atoms with van der Waals surface area (Å²) in [6.07, 6.45) is 2.65. The second kappa shape index (κ2) is 5.25. The maximum Gasteiger partial charge on any atom is 0.232 e. The van der Waals surface area contributed by atoms with Crippen LogP contribution < -0.4 is 4.74 Å². The molecule has 4 heteroatoms. The summed E-state index contributed by atoms with van der Waals surface area (Å²) in [7, 11) is 0. The Morgan fingerprint density at radius 1 is 1.38 bits per heavy atom. The molecule has 0 fully saturated rings. The van der Waals surface area contributed by atoms with Crippen molar-refractivity contribution in [3.63, 3.8) is 0 Å². The van der Waals surface area contributed by atoms with Crippen molar-refractivity contribution >= 4 is 27.0 Å². The molecule has 0 amide bonds. The Hall–Kier alpha value is -1.16. The number of rotatable bonds is 4. The lowest BCUT2D eigenvalue weighted by Crippen LogP contribution is -2.00. The number of halogens is 1. The van der Waals surface area contributed by atoms with Gasteiger partial charge in [-0.3, -0.25) is 0 Å². The summed E-state index contributed by atoms with van der Waals surface area (Å²) in [6, 6.07) is 5.96. The van der Waals surface area contributed by atoms with Crippen LogP contribution in [0.5, 0.6) is 5.88 Å². The van der Waals surface area contributed by atoms with E-state index in [9.17, 15) is 0 Å². The van der Waals surface area contributed by atoms with E-state index in [4.69, 9.17) is 4.74 Å². The van der Waals surface area contributed by atoms with Crippen LogP contribution in [0.4, 0.5) is 0 Å². The summed E-state index contributed by atoms with van der Waals surface area (Å²) < 4.78 is 5.49. The second-order valence-corrected chi connectivity index (χ2v) is 4.33. The van der Waals surface area contributed by atoms with E-state index in [2.05, 4.69) is 25.9 Å². The molecule has 0 bridgehead atoms. The molecule has 84 valence electrons. The average molecular weight is 281 g/mol. The fraction of sp³-hybridized carbons (Fsp3) is 0.333. The van der Waals surface area contributed by atoms with Gasteiger partial charge < -0.3 is 4.74 Å². The predicted molar refractivity (Wildman–Crippen MR) is 68.2 cm³/mol. The molecular formula is C12H13BrN2O. The maximum absolute atomic E-state index is 5.49. The van der Waals surface area contributed by atoms with Crippen molar-refractivity contribution in [3.8, 4) is 5.88 Å². The van der Waals surface area contributed by atoms with E-state index in [1.807, 2.05) is 25.1 Å². The highest BCUT2D eigenvalue weighted by atomic mass is 79.9. The Labute approximate surface area is 103 Å². The number of benzene rings is 1. The van der Waals surface area contributed by atoms with Crippen LogP contribution in [0.25, 0.3) is 11.0 Å². The van der Waals surface area contributed by atoms with Gasteiger partial charge in [-0.15, -0.1) is 0 Å². The molecule has 0 unspecified atom stereocenters. The van der Waals surface area contributed by atoms with Gasteiger partial charge in [-0.1, -0.05) is 28.1 Å². The lowest BCUT2D eigenvalue weighted by Gasteiger charge is -2.05. The minimum Gasteiger partial charge on any atom is -0.477 e. The van der Waals surface area contributed by atoms with E-state index in [1.165, 1.54) is 0 Å². The van der Waals surface area contributed by atoms with Gasteiger partial charge in [-0.2, -0.15) is 0 Å². The van der Waals surface area contributed by atoms with Crippen LogP contribution in [0, 0.1) is 6.92 Å². The summed E-state index contributed by atoms with van der Waals surface area (Å²) >= 11 is 3.36. The van der Waals surface area contributed by atoms with Crippen molar-refractivity contribution in [2.24, 2.45) is 0 Å². The summed E-state index contributed by atoms with van der Waals surface area (Å²) in [4.78, 5) is 8.77. The molecule has 16 heavy (non-hydrogen) atoms. The maximum atomic E-state index is 5.49. The molecule has 1 aromatic carbocycles. The molecule has 2 rings (SSSR count). The highest BCUT2D eigenvalue weighted by molar-refractivity contribution is 9.09. The molecule has 0 aliphatic heterocycles. The van der Waals surface area contributed by atoms with Gasteiger partial charge in [0.1, 0.15) is 0 Å². The van der Waals surface area contributed by atoms with Crippen molar-refractivity contribution in [1.29, 1.82) is 0 Å². The predicted octanol–water partition coefficient (Wildman–Crippen LogP) is 3.10. The van der Waals surface area contributed by atoms with Crippen molar-refractivity contribution in [1.82, 2.24) is 9.97 Å². The van der Waals surface area contributed by atoms with E-state index in [1.54, 1.807) is 6.20 Å². The average Bonchev–Trinajstić information content (AvgIpc) is 2.30. The van der Waals surface area contributed by atoms with Crippen LogP contribution in [0.1, 0.15) is 12.0 Å². The SMILES string of the molecule is Cc1cccc2nc(OCCCBr)cnc12. The normalized spacial score (nSPS) is 10.6. The van der Waals surface area contributed by atoms with Gasteiger partial charge in [-0.25, -0.2) is 9.97 Å². The number of fused-ring (bicyclic) bond motifs is 1. The first-order valence-corrected chi connectivity index (χ1v) is 6.34. The molecule has 0 atom stereocenters. The Morgan fingerprint density at radius 2 is 2.25 bits per heavy atom. The monoisotopic (exact) mass is 280 g/mol. The third-order valence-electron chi connectivity index (χ3n) is 2.28. The van der Waals surface area contributed by atoms with Crippen molar-refractivity contribution in [2.45, 2.75) is 13.3 Å². The van der Waals surface area contributed by atoms with Crippen LogP contribution in [0.2, 0.25) is 0 Å². The fourth-order valence-corrected chi connectivity index (χ4v) is 1.70. The standard InChI is InChI=1S/C12H13BrN2O/c1-9-4-2-5-10-12(9)14-8-11(15-10)16-7-3-6-13/h2,4-5,8H,3,6-7H2,1H3.